The smallest absolute Gasteiger partial charge is 0.157 e. The molecule has 2 nitrogen and oxygen atoms in total. The van der Waals surface area contributed by atoms with E-state index in [1.807, 2.05) is 0 Å². The molecular weight excluding hydrogens is 222 g/mol. The minimum Gasteiger partial charge on any atom is -0.304 e. The first-order chi connectivity index (χ1) is 8.85. The molecule has 0 heterocycles. The third-order valence-electron chi connectivity index (χ3n) is 3.23. The number of benzene rings is 1. The van der Waals surface area contributed by atoms with Crippen LogP contribution in [0.3, 0.4) is 0 Å². The highest BCUT2D eigenvalue weighted by atomic mass is 35.5. The van der Waals surface area contributed by atoms with E-state index in [0.717, 1.165) is 12.8 Å². The standard InChI is InChI=1S/C13H16ClNO/c1-15-13(9-5-4-8-12(13)16)10-6-2-3-7-11(10)14/h2-3,6-7,15H,4-5,8-9H2,1H3/i1D3. The molecule has 0 bridgehead atoms. The lowest BCUT2D eigenvalue weighted by Gasteiger charge is -2.36. The summed E-state index contributed by atoms with van der Waals surface area (Å²) in [4.78, 5) is 12.4. The number of hydrogen-bond donors (Lipinski definition) is 1. The van der Waals surface area contributed by atoms with Crippen molar-refractivity contribution in [3.63, 3.8) is 0 Å². The Morgan fingerprint density at radius 3 is 2.94 bits per heavy atom. The average Bonchev–Trinajstić information content (AvgIpc) is 2.31. The summed E-state index contributed by atoms with van der Waals surface area (Å²) in [5.41, 5.74) is -0.612. The number of halogens is 1. The van der Waals surface area contributed by atoms with Gasteiger partial charge in [0, 0.05) is 15.6 Å². The predicted molar refractivity (Wildman–Crippen MR) is 65.7 cm³/mol. The molecule has 16 heavy (non-hydrogen) atoms. The fourth-order valence-corrected chi connectivity index (χ4v) is 2.62. The number of likely N-dealkylation sites (N-methyl/N-ethyl adjacent to an activating group) is 1. The Morgan fingerprint density at radius 2 is 2.25 bits per heavy atom. The molecule has 1 saturated carbocycles. The van der Waals surface area contributed by atoms with Crippen molar-refractivity contribution in [3.8, 4) is 0 Å². The number of ketones is 1. The molecule has 3 heteroatoms. The molecule has 1 aromatic carbocycles. The van der Waals surface area contributed by atoms with Crippen molar-refractivity contribution in [2.75, 3.05) is 6.98 Å². The van der Waals surface area contributed by atoms with Gasteiger partial charge in [-0.05, 0) is 31.4 Å². The molecule has 0 aromatic heterocycles. The molecule has 1 aromatic rings. The van der Waals surface area contributed by atoms with E-state index in [1.54, 1.807) is 24.3 Å². The molecule has 86 valence electrons. The van der Waals surface area contributed by atoms with Crippen LogP contribution in [0.15, 0.2) is 24.3 Å². The monoisotopic (exact) mass is 240 g/mol. The quantitative estimate of drug-likeness (QED) is 0.861. The van der Waals surface area contributed by atoms with Gasteiger partial charge in [0.1, 0.15) is 5.54 Å². The highest BCUT2D eigenvalue weighted by molar-refractivity contribution is 6.31. The first kappa shape index (κ1) is 8.26. The van der Waals surface area contributed by atoms with Gasteiger partial charge in [-0.25, -0.2) is 0 Å². The molecule has 0 spiro atoms. The molecule has 1 N–H and O–H groups in total. The number of rotatable bonds is 2. The summed E-state index contributed by atoms with van der Waals surface area (Å²) < 4.78 is 22.3. The zero-order valence-corrected chi connectivity index (χ0v) is 9.68. The van der Waals surface area contributed by atoms with E-state index in [4.69, 9.17) is 15.7 Å². The van der Waals surface area contributed by atoms with Crippen LogP contribution < -0.4 is 5.32 Å². The van der Waals surface area contributed by atoms with Crippen molar-refractivity contribution in [2.24, 2.45) is 0 Å². The van der Waals surface area contributed by atoms with E-state index in [9.17, 15) is 4.79 Å². The van der Waals surface area contributed by atoms with Crippen LogP contribution in [0.4, 0.5) is 0 Å². The third kappa shape index (κ3) is 1.76. The summed E-state index contributed by atoms with van der Waals surface area (Å²) >= 11 is 6.17. The first-order valence-electron chi connectivity index (χ1n) is 6.93. The highest BCUT2D eigenvalue weighted by Gasteiger charge is 2.40. The lowest BCUT2D eigenvalue weighted by atomic mass is 9.75. The van der Waals surface area contributed by atoms with Crippen LogP contribution in [-0.4, -0.2) is 12.8 Å². The summed E-state index contributed by atoms with van der Waals surface area (Å²) in [5, 5.41) is 2.97. The Labute approximate surface area is 105 Å². The third-order valence-corrected chi connectivity index (χ3v) is 3.56. The molecular formula is C13H16ClNO. The Bertz CT molecular complexity index is 489. The van der Waals surface area contributed by atoms with Crippen LogP contribution in [0, 0.1) is 0 Å². The van der Waals surface area contributed by atoms with E-state index >= 15 is 0 Å². The Kier molecular flexibility index (Phi) is 2.35. The van der Waals surface area contributed by atoms with E-state index in [2.05, 4.69) is 5.32 Å². The maximum Gasteiger partial charge on any atom is 0.157 e. The Morgan fingerprint density at radius 1 is 1.44 bits per heavy atom. The van der Waals surface area contributed by atoms with Gasteiger partial charge in [0.15, 0.2) is 5.78 Å². The fraction of sp³-hybridized carbons (Fsp3) is 0.462. The van der Waals surface area contributed by atoms with E-state index in [0.29, 0.717) is 23.4 Å². The van der Waals surface area contributed by atoms with Crippen LogP contribution in [0.2, 0.25) is 5.02 Å². The fourth-order valence-electron chi connectivity index (χ4n) is 2.32. The lowest BCUT2D eigenvalue weighted by Crippen LogP contribution is -2.49. The zero-order valence-electron chi connectivity index (χ0n) is 11.9. The number of nitrogens with one attached hydrogen (secondary N) is 1. The van der Waals surface area contributed by atoms with Crippen molar-refractivity contribution in [1.29, 1.82) is 0 Å². The summed E-state index contributed by atoms with van der Waals surface area (Å²) in [5.74, 6) is -0.0945. The number of carbonyl (C=O) groups excluding carboxylic acids is 1. The molecule has 1 aliphatic carbocycles. The molecule has 0 amide bonds. The second-order valence-electron chi connectivity index (χ2n) is 4.14. The summed E-state index contributed by atoms with van der Waals surface area (Å²) in [6.45, 7) is -2.38. The van der Waals surface area contributed by atoms with Gasteiger partial charge in [0.25, 0.3) is 0 Å². The first-order valence-corrected chi connectivity index (χ1v) is 5.81. The van der Waals surface area contributed by atoms with Crippen LogP contribution >= 0.6 is 11.6 Å². The SMILES string of the molecule is [2H]C([2H])([2H])NC1(c2ccccc2Cl)CCCCC1=O. The maximum absolute atomic E-state index is 12.4. The van der Waals surface area contributed by atoms with Gasteiger partial charge >= 0.3 is 0 Å². The Balaban J connectivity index is 2.51. The van der Waals surface area contributed by atoms with E-state index < -0.39 is 12.5 Å². The molecule has 1 unspecified atom stereocenters. The van der Waals surface area contributed by atoms with Crippen molar-refractivity contribution in [1.82, 2.24) is 5.32 Å². The Hall–Kier alpha value is -0.860. The van der Waals surface area contributed by atoms with Crippen LogP contribution in [0.25, 0.3) is 0 Å². The molecule has 0 radical (unpaired) electrons. The molecule has 1 atom stereocenters. The van der Waals surface area contributed by atoms with Gasteiger partial charge < -0.3 is 5.32 Å². The van der Waals surface area contributed by atoms with Gasteiger partial charge in [-0.1, -0.05) is 36.2 Å². The van der Waals surface area contributed by atoms with Gasteiger partial charge in [-0.2, -0.15) is 0 Å². The van der Waals surface area contributed by atoms with Gasteiger partial charge in [0.2, 0.25) is 0 Å². The van der Waals surface area contributed by atoms with Gasteiger partial charge in [-0.3, -0.25) is 4.79 Å². The predicted octanol–water partition coefficient (Wildman–Crippen LogP) is 2.90. The normalized spacial score (nSPS) is 29.3. The van der Waals surface area contributed by atoms with Crippen molar-refractivity contribution in [3.05, 3.63) is 34.9 Å². The zero-order chi connectivity index (χ0) is 14.1. The van der Waals surface area contributed by atoms with Crippen LogP contribution in [0.5, 0.6) is 0 Å². The molecule has 1 aliphatic rings. The minimum absolute atomic E-state index is 0.0945. The van der Waals surface area contributed by atoms with Crippen LogP contribution in [-0.2, 0) is 10.3 Å². The number of hydrogen-bond acceptors (Lipinski definition) is 2. The summed E-state index contributed by atoms with van der Waals surface area (Å²) in [6.07, 6.45) is 2.45. The van der Waals surface area contributed by atoms with E-state index in [-0.39, 0.29) is 5.78 Å². The summed E-state index contributed by atoms with van der Waals surface area (Å²) in [6, 6.07) is 6.94. The molecule has 1 fully saturated rings. The number of Topliss-reactive ketones (excluding diaryl/α,β-unsaturated/α-hetero) is 1. The van der Waals surface area contributed by atoms with Crippen LogP contribution in [0.1, 0.15) is 35.4 Å². The van der Waals surface area contributed by atoms with Crippen molar-refractivity contribution in [2.45, 2.75) is 31.2 Å². The molecule has 0 saturated heterocycles. The molecule has 0 aliphatic heterocycles. The van der Waals surface area contributed by atoms with Crippen molar-refractivity contribution >= 4 is 17.4 Å². The summed E-state index contributed by atoms with van der Waals surface area (Å²) in [7, 11) is 0. The second-order valence-corrected chi connectivity index (χ2v) is 4.55. The second kappa shape index (κ2) is 4.56. The topological polar surface area (TPSA) is 29.1 Å². The lowest BCUT2D eigenvalue weighted by molar-refractivity contribution is -0.127. The van der Waals surface area contributed by atoms with Gasteiger partial charge in [0.05, 0.1) is 0 Å². The van der Waals surface area contributed by atoms with Crippen molar-refractivity contribution < 1.29 is 8.91 Å². The largest absolute Gasteiger partial charge is 0.304 e. The average molecular weight is 241 g/mol. The molecule has 2 rings (SSSR count). The van der Waals surface area contributed by atoms with Gasteiger partial charge in [-0.15, -0.1) is 0 Å². The highest BCUT2D eigenvalue weighted by Crippen LogP contribution is 2.37. The van der Waals surface area contributed by atoms with E-state index in [1.165, 1.54) is 0 Å². The maximum atomic E-state index is 12.4. The number of carbonyl (C=O) groups is 1. The minimum atomic E-state index is -2.38.